The SMILES string of the molecule is Cc1ccc(N(c2ccc(C)cc2)c2ccc3c(c2)C2(c4ccccc4-3)c3ccccc3-c3cc4c(cc32)C(=O)c2ccccc2C4(C)C)cc1. The van der Waals surface area contributed by atoms with Crippen molar-refractivity contribution in [3.63, 3.8) is 0 Å². The van der Waals surface area contributed by atoms with E-state index >= 15 is 0 Å². The molecular weight excluding hydrogens is 619 g/mol. The molecule has 1 spiro atoms. The van der Waals surface area contributed by atoms with Gasteiger partial charge in [-0.15, -0.1) is 0 Å². The van der Waals surface area contributed by atoms with Crippen LogP contribution in [0.25, 0.3) is 22.3 Å². The number of aryl methyl sites for hydroxylation is 2. The van der Waals surface area contributed by atoms with E-state index in [0.29, 0.717) is 0 Å². The van der Waals surface area contributed by atoms with E-state index in [9.17, 15) is 4.79 Å². The summed E-state index contributed by atoms with van der Waals surface area (Å²) in [6.07, 6.45) is 0. The molecule has 1 atom stereocenters. The van der Waals surface area contributed by atoms with E-state index in [1.165, 1.54) is 55.6 Å². The van der Waals surface area contributed by atoms with Crippen LogP contribution in [0.1, 0.15) is 74.3 Å². The van der Waals surface area contributed by atoms with E-state index in [2.05, 4.69) is 172 Å². The number of benzene rings is 7. The van der Waals surface area contributed by atoms with Crippen molar-refractivity contribution in [1.29, 1.82) is 0 Å². The van der Waals surface area contributed by atoms with Gasteiger partial charge in [0.15, 0.2) is 5.78 Å². The first-order chi connectivity index (χ1) is 24.8. The molecule has 2 heteroatoms. The molecule has 0 aliphatic heterocycles. The van der Waals surface area contributed by atoms with Gasteiger partial charge in [-0.3, -0.25) is 4.79 Å². The smallest absolute Gasteiger partial charge is 0.193 e. The standard InChI is InChI=1S/C49H37NO/c1-30-17-21-32(22-18-30)50(33-23-19-31(2)20-24-33)34-25-26-37-35-11-5-9-15-42(35)49(45(37)27-34)43-16-10-6-12-36(43)39-28-44-40(29-46(39)49)47(51)38-13-7-8-14-41(38)48(44,3)4/h5-29H,1-4H3. The normalized spacial score (nSPS) is 16.9. The van der Waals surface area contributed by atoms with Gasteiger partial charge in [-0.05, 0) is 118 Å². The number of carbonyl (C=O) groups is 1. The Balaban J connectivity index is 1.28. The molecule has 0 saturated carbocycles. The van der Waals surface area contributed by atoms with Crippen LogP contribution in [0.4, 0.5) is 17.1 Å². The van der Waals surface area contributed by atoms with Crippen molar-refractivity contribution < 1.29 is 4.79 Å². The molecule has 51 heavy (non-hydrogen) atoms. The summed E-state index contributed by atoms with van der Waals surface area (Å²) in [5.74, 6) is 0.110. The molecule has 244 valence electrons. The third-order valence-corrected chi connectivity index (χ3v) is 11.8. The number of carbonyl (C=O) groups excluding carboxylic acids is 1. The fourth-order valence-electron chi connectivity index (χ4n) is 9.37. The second-order valence-corrected chi connectivity index (χ2v) is 15.0. The van der Waals surface area contributed by atoms with E-state index in [-0.39, 0.29) is 11.2 Å². The van der Waals surface area contributed by atoms with Gasteiger partial charge in [-0.1, -0.05) is 128 Å². The van der Waals surface area contributed by atoms with Crippen molar-refractivity contribution in [2.24, 2.45) is 0 Å². The first kappa shape index (κ1) is 29.9. The van der Waals surface area contributed by atoms with Gasteiger partial charge in [0.1, 0.15) is 0 Å². The van der Waals surface area contributed by atoms with Crippen LogP contribution < -0.4 is 4.90 Å². The predicted molar refractivity (Wildman–Crippen MR) is 209 cm³/mol. The van der Waals surface area contributed by atoms with E-state index in [1.54, 1.807) is 0 Å². The maximum absolute atomic E-state index is 14.5. The summed E-state index contributed by atoms with van der Waals surface area (Å²) in [6.45, 7) is 8.79. The van der Waals surface area contributed by atoms with Crippen LogP contribution in [0.5, 0.6) is 0 Å². The molecule has 3 aliphatic carbocycles. The summed E-state index contributed by atoms with van der Waals surface area (Å²) in [5.41, 5.74) is 18.6. The third-order valence-electron chi connectivity index (χ3n) is 11.8. The highest BCUT2D eigenvalue weighted by Crippen LogP contribution is 2.64. The van der Waals surface area contributed by atoms with Crippen LogP contribution in [-0.2, 0) is 10.8 Å². The molecule has 3 aliphatic rings. The van der Waals surface area contributed by atoms with E-state index in [0.717, 1.165) is 39.3 Å². The molecular formula is C49H37NO. The summed E-state index contributed by atoms with van der Waals surface area (Å²) in [7, 11) is 0. The van der Waals surface area contributed by atoms with E-state index in [4.69, 9.17) is 0 Å². The number of fused-ring (bicyclic) bond motifs is 12. The minimum atomic E-state index is -0.587. The minimum Gasteiger partial charge on any atom is -0.310 e. The number of ketones is 1. The minimum absolute atomic E-state index is 0.110. The Bertz CT molecular complexity index is 2550. The summed E-state index contributed by atoms with van der Waals surface area (Å²) in [5, 5.41) is 0. The van der Waals surface area contributed by atoms with E-state index < -0.39 is 5.41 Å². The second kappa shape index (κ2) is 10.5. The summed E-state index contributed by atoms with van der Waals surface area (Å²) < 4.78 is 0. The Morgan fingerprint density at radius 2 is 0.843 bits per heavy atom. The Morgan fingerprint density at radius 3 is 1.45 bits per heavy atom. The van der Waals surface area contributed by atoms with Crippen LogP contribution in [-0.4, -0.2) is 5.78 Å². The highest BCUT2D eigenvalue weighted by Gasteiger charge is 2.53. The quantitative estimate of drug-likeness (QED) is 0.189. The Kier molecular flexibility index (Phi) is 6.16. The van der Waals surface area contributed by atoms with Crippen LogP contribution >= 0.6 is 0 Å². The Hall–Kier alpha value is -5.99. The van der Waals surface area contributed by atoms with Gasteiger partial charge in [-0.25, -0.2) is 0 Å². The average molecular weight is 656 g/mol. The highest BCUT2D eigenvalue weighted by molar-refractivity contribution is 6.14. The summed E-state index contributed by atoms with van der Waals surface area (Å²) >= 11 is 0. The van der Waals surface area contributed by atoms with Crippen molar-refractivity contribution in [2.75, 3.05) is 4.90 Å². The molecule has 1 unspecified atom stereocenters. The van der Waals surface area contributed by atoms with Crippen LogP contribution in [0.3, 0.4) is 0 Å². The predicted octanol–water partition coefficient (Wildman–Crippen LogP) is 12.0. The largest absolute Gasteiger partial charge is 0.310 e. The van der Waals surface area contributed by atoms with Crippen LogP contribution in [0.15, 0.2) is 152 Å². The van der Waals surface area contributed by atoms with Gasteiger partial charge in [0.05, 0.1) is 5.41 Å². The molecule has 0 heterocycles. The Labute approximate surface area is 299 Å². The van der Waals surface area contributed by atoms with Gasteiger partial charge < -0.3 is 4.90 Å². The van der Waals surface area contributed by atoms with Gasteiger partial charge in [0.25, 0.3) is 0 Å². The van der Waals surface area contributed by atoms with Gasteiger partial charge in [0, 0.05) is 33.6 Å². The van der Waals surface area contributed by atoms with Crippen molar-refractivity contribution in [3.05, 3.63) is 207 Å². The summed E-state index contributed by atoms with van der Waals surface area (Å²) in [4.78, 5) is 16.8. The Morgan fingerprint density at radius 1 is 0.392 bits per heavy atom. The fourth-order valence-corrected chi connectivity index (χ4v) is 9.37. The third kappa shape index (κ3) is 3.96. The van der Waals surface area contributed by atoms with Gasteiger partial charge in [0.2, 0.25) is 0 Å². The number of hydrogen-bond donors (Lipinski definition) is 0. The molecule has 7 aromatic rings. The molecule has 10 rings (SSSR count). The molecule has 0 amide bonds. The lowest BCUT2D eigenvalue weighted by Gasteiger charge is -2.36. The molecule has 0 radical (unpaired) electrons. The molecule has 2 nitrogen and oxygen atoms in total. The lowest BCUT2D eigenvalue weighted by Crippen LogP contribution is -2.32. The lowest BCUT2D eigenvalue weighted by molar-refractivity contribution is 0.103. The fraction of sp³-hybridized carbons (Fsp3) is 0.122. The monoisotopic (exact) mass is 655 g/mol. The first-order valence-corrected chi connectivity index (χ1v) is 17.9. The van der Waals surface area contributed by atoms with Gasteiger partial charge in [-0.2, -0.15) is 0 Å². The van der Waals surface area contributed by atoms with Crippen molar-refractivity contribution in [3.8, 4) is 22.3 Å². The molecule has 0 fully saturated rings. The van der Waals surface area contributed by atoms with Crippen molar-refractivity contribution in [1.82, 2.24) is 0 Å². The second-order valence-electron chi connectivity index (χ2n) is 15.0. The molecule has 0 bridgehead atoms. The van der Waals surface area contributed by atoms with E-state index in [1.807, 2.05) is 12.1 Å². The van der Waals surface area contributed by atoms with Crippen molar-refractivity contribution >= 4 is 22.8 Å². The number of hydrogen-bond acceptors (Lipinski definition) is 2. The highest BCUT2D eigenvalue weighted by atomic mass is 16.1. The molecule has 0 saturated heterocycles. The average Bonchev–Trinajstić information content (AvgIpc) is 3.62. The van der Waals surface area contributed by atoms with Crippen molar-refractivity contribution in [2.45, 2.75) is 38.5 Å². The van der Waals surface area contributed by atoms with Gasteiger partial charge >= 0.3 is 0 Å². The number of rotatable bonds is 3. The first-order valence-electron chi connectivity index (χ1n) is 17.9. The van der Waals surface area contributed by atoms with Crippen LogP contribution in [0.2, 0.25) is 0 Å². The maximum Gasteiger partial charge on any atom is 0.193 e. The zero-order valence-electron chi connectivity index (χ0n) is 29.3. The summed E-state index contributed by atoms with van der Waals surface area (Å²) in [6, 6.07) is 55.2. The van der Waals surface area contributed by atoms with Crippen LogP contribution in [0, 0.1) is 13.8 Å². The molecule has 0 aromatic heterocycles. The lowest BCUT2D eigenvalue weighted by atomic mass is 9.65. The maximum atomic E-state index is 14.5. The molecule has 0 N–H and O–H groups in total. The number of anilines is 3. The topological polar surface area (TPSA) is 20.3 Å². The zero-order valence-corrected chi connectivity index (χ0v) is 29.3. The molecule has 7 aromatic carbocycles. The number of nitrogens with zero attached hydrogens (tertiary/aromatic N) is 1. The zero-order chi connectivity index (χ0) is 34.6.